The highest BCUT2D eigenvalue weighted by atomic mass is 16.4. The minimum atomic E-state index is -0.806. The largest absolute Gasteiger partial charge is 0.481 e. The van der Waals surface area contributed by atoms with Crippen molar-refractivity contribution in [1.82, 2.24) is 15.1 Å². The van der Waals surface area contributed by atoms with E-state index < -0.39 is 5.97 Å². The summed E-state index contributed by atoms with van der Waals surface area (Å²) in [6.45, 7) is 7.92. The lowest BCUT2D eigenvalue weighted by Gasteiger charge is -2.37. The number of nitrogens with one attached hydrogen (secondary N) is 1. The highest BCUT2D eigenvalue weighted by molar-refractivity contribution is 5.66. The monoisotopic (exact) mass is 411 g/mol. The lowest BCUT2D eigenvalue weighted by Crippen LogP contribution is -2.32. The average molecular weight is 412 g/mol. The molecule has 1 aliphatic rings. The summed E-state index contributed by atoms with van der Waals surface area (Å²) < 4.78 is 1.69. The zero-order valence-electron chi connectivity index (χ0n) is 18.2. The van der Waals surface area contributed by atoms with Crippen molar-refractivity contribution in [2.75, 3.05) is 6.54 Å². The first-order valence-electron chi connectivity index (χ1n) is 10.9. The molecule has 0 aliphatic heterocycles. The summed E-state index contributed by atoms with van der Waals surface area (Å²) in [7, 11) is 0. The molecular formula is C24H33N3O3. The van der Waals surface area contributed by atoms with Gasteiger partial charge in [-0.3, -0.25) is 9.59 Å². The van der Waals surface area contributed by atoms with Crippen LogP contribution < -0.4 is 10.9 Å². The van der Waals surface area contributed by atoms with Crippen molar-refractivity contribution in [3.63, 3.8) is 0 Å². The van der Waals surface area contributed by atoms with Crippen molar-refractivity contribution < 1.29 is 9.90 Å². The van der Waals surface area contributed by atoms with Crippen LogP contribution in [0.4, 0.5) is 0 Å². The Morgan fingerprint density at radius 3 is 2.57 bits per heavy atom. The van der Waals surface area contributed by atoms with E-state index in [1.54, 1.807) is 16.8 Å². The minimum Gasteiger partial charge on any atom is -0.481 e. The zero-order valence-corrected chi connectivity index (χ0v) is 18.2. The predicted octanol–water partition coefficient (Wildman–Crippen LogP) is 4.25. The van der Waals surface area contributed by atoms with Gasteiger partial charge in [0, 0.05) is 24.7 Å². The van der Waals surface area contributed by atoms with Gasteiger partial charge in [-0.25, -0.2) is 4.68 Å². The normalized spacial score (nSPS) is 19.6. The third-order valence-electron chi connectivity index (χ3n) is 6.16. The fourth-order valence-electron chi connectivity index (χ4n) is 4.30. The molecular weight excluding hydrogens is 378 g/mol. The van der Waals surface area contributed by atoms with Crippen LogP contribution in [0.25, 0.3) is 11.3 Å². The molecule has 0 bridgehead atoms. The zero-order chi connectivity index (χ0) is 21.7. The van der Waals surface area contributed by atoms with Crippen LogP contribution in [0.2, 0.25) is 0 Å². The molecule has 162 valence electrons. The SMILES string of the molecule is CC(C)(C)C1CCC(n2nc(-c3cccc(CNCCC(=O)O)c3)ccc2=O)CC1. The van der Waals surface area contributed by atoms with E-state index in [9.17, 15) is 9.59 Å². The van der Waals surface area contributed by atoms with E-state index in [1.165, 1.54) is 0 Å². The summed E-state index contributed by atoms with van der Waals surface area (Å²) in [5, 5.41) is 16.6. The summed E-state index contributed by atoms with van der Waals surface area (Å²) in [5.74, 6) is -0.114. The number of hydrogen-bond acceptors (Lipinski definition) is 4. The van der Waals surface area contributed by atoms with E-state index in [-0.39, 0.29) is 18.0 Å². The molecule has 1 aromatic heterocycles. The Labute approximate surface area is 178 Å². The number of benzene rings is 1. The first kappa shape index (κ1) is 22.2. The maximum absolute atomic E-state index is 12.5. The molecule has 30 heavy (non-hydrogen) atoms. The number of carboxylic acids is 1. The van der Waals surface area contributed by atoms with Crippen LogP contribution in [0, 0.1) is 11.3 Å². The van der Waals surface area contributed by atoms with Crippen LogP contribution in [0.15, 0.2) is 41.2 Å². The van der Waals surface area contributed by atoms with Gasteiger partial charge in [-0.1, -0.05) is 39.0 Å². The number of carboxylic acid groups (broad SMARTS) is 1. The Bertz CT molecular complexity index is 922. The predicted molar refractivity (Wildman–Crippen MR) is 118 cm³/mol. The van der Waals surface area contributed by atoms with Crippen LogP contribution in [0.3, 0.4) is 0 Å². The first-order chi connectivity index (χ1) is 14.2. The third kappa shape index (κ3) is 5.79. The smallest absolute Gasteiger partial charge is 0.304 e. The molecule has 1 saturated carbocycles. The molecule has 3 rings (SSSR count). The van der Waals surface area contributed by atoms with Crippen molar-refractivity contribution in [1.29, 1.82) is 0 Å². The molecule has 1 aromatic carbocycles. The van der Waals surface area contributed by atoms with Crippen molar-refractivity contribution in [3.05, 3.63) is 52.3 Å². The lowest BCUT2D eigenvalue weighted by atomic mass is 9.71. The van der Waals surface area contributed by atoms with Crippen LogP contribution in [0.1, 0.15) is 64.5 Å². The highest BCUT2D eigenvalue weighted by Crippen LogP contribution is 2.40. The van der Waals surface area contributed by atoms with Gasteiger partial charge in [0.05, 0.1) is 18.2 Å². The Kier molecular flexibility index (Phi) is 7.08. The van der Waals surface area contributed by atoms with Gasteiger partial charge in [-0.2, -0.15) is 5.10 Å². The first-order valence-corrected chi connectivity index (χ1v) is 10.9. The molecule has 0 atom stereocenters. The van der Waals surface area contributed by atoms with Crippen LogP contribution in [0.5, 0.6) is 0 Å². The Morgan fingerprint density at radius 2 is 1.90 bits per heavy atom. The van der Waals surface area contributed by atoms with Gasteiger partial charge < -0.3 is 10.4 Å². The molecule has 6 nitrogen and oxygen atoms in total. The van der Waals surface area contributed by atoms with Gasteiger partial charge in [0.1, 0.15) is 0 Å². The van der Waals surface area contributed by atoms with E-state index in [4.69, 9.17) is 10.2 Å². The second-order valence-electron chi connectivity index (χ2n) is 9.39. The minimum absolute atomic E-state index is 0.0375. The van der Waals surface area contributed by atoms with Gasteiger partial charge in [0.15, 0.2) is 0 Å². The van der Waals surface area contributed by atoms with Crippen molar-refractivity contribution in [3.8, 4) is 11.3 Å². The molecule has 0 radical (unpaired) electrons. The van der Waals surface area contributed by atoms with E-state index in [0.29, 0.717) is 24.4 Å². The third-order valence-corrected chi connectivity index (χ3v) is 6.16. The van der Waals surface area contributed by atoms with E-state index in [1.807, 2.05) is 24.3 Å². The Hall–Kier alpha value is -2.47. The van der Waals surface area contributed by atoms with Crippen LogP contribution in [-0.2, 0) is 11.3 Å². The van der Waals surface area contributed by atoms with Crippen molar-refractivity contribution in [2.45, 2.75) is 65.5 Å². The second kappa shape index (κ2) is 9.56. The van der Waals surface area contributed by atoms with Crippen LogP contribution in [-0.4, -0.2) is 27.4 Å². The van der Waals surface area contributed by atoms with Gasteiger partial charge >= 0.3 is 5.97 Å². The van der Waals surface area contributed by atoms with Gasteiger partial charge in [0.25, 0.3) is 5.56 Å². The summed E-state index contributed by atoms with van der Waals surface area (Å²) in [6, 6.07) is 11.6. The number of carbonyl (C=O) groups is 1. The summed E-state index contributed by atoms with van der Waals surface area (Å²) in [6.07, 6.45) is 4.34. The summed E-state index contributed by atoms with van der Waals surface area (Å²) in [4.78, 5) is 23.1. The van der Waals surface area contributed by atoms with Gasteiger partial charge in [-0.05, 0) is 54.7 Å². The maximum atomic E-state index is 12.5. The average Bonchev–Trinajstić information content (AvgIpc) is 2.71. The van der Waals surface area contributed by atoms with E-state index in [2.05, 4.69) is 26.1 Å². The van der Waals surface area contributed by atoms with E-state index >= 15 is 0 Å². The maximum Gasteiger partial charge on any atom is 0.304 e. The second-order valence-corrected chi connectivity index (χ2v) is 9.39. The molecule has 0 amide bonds. The molecule has 2 N–H and O–H groups in total. The molecule has 1 heterocycles. The van der Waals surface area contributed by atoms with E-state index in [0.717, 1.165) is 42.5 Å². The summed E-state index contributed by atoms with van der Waals surface area (Å²) in [5.41, 5.74) is 3.08. The number of nitrogens with zero attached hydrogens (tertiary/aromatic N) is 2. The molecule has 0 unspecified atom stereocenters. The standard InChI is InChI=1S/C24H33N3O3/c1-24(2,3)19-7-9-20(10-8-19)27-22(28)12-11-21(26-27)18-6-4-5-17(15-18)16-25-14-13-23(29)30/h4-6,11-12,15,19-20,25H,7-10,13-14,16H2,1-3H3,(H,29,30). The summed E-state index contributed by atoms with van der Waals surface area (Å²) >= 11 is 0. The van der Waals surface area contributed by atoms with Crippen molar-refractivity contribution >= 4 is 5.97 Å². The molecule has 1 fully saturated rings. The number of aromatic nitrogens is 2. The highest BCUT2D eigenvalue weighted by Gasteiger charge is 2.31. The molecule has 0 spiro atoms. The molecule has 1 aliphatic carbocycles. The molecule has 0 saturated heterocycles. The number of hydrogen-bond donors (Lipinski definition) is 2. The fraction of sp³-hybridized carbons (Fsp3) is 0.542. The van der Waals surface area contributed by atoms with Gasteiger partial charge in [0.2, 0.25) is 0 Å². The number of rotatable bonds is 7. The molecule has 2 aromatic rings. The Morgan fingerprint density at radius 1 is 1.17 bits per heavy atom. The Balaban J connectivity index is 1.72. The van der Waals surface area contributed by atoms with Crippen LogP contribution >= 0.6 is 0 Å². The van der Waals surface area contributed by atoms with Gasteiger partial charge in [-0.15, -0.1) is 0 Å². The van der Waals surface area contributed by atoms with Crippen molar-refractivity contribution in [2.24, 2.45) is 11.3 Å². The topological polar surface area (TPSA) is 84.2 Å². The molecule has 6 heteroatoms. The number of aliphatic carboxylic acids is 1. The lowest BCUT2D eigenvalue weighted by molar-refractivity contribution is -0.136. The fourth-order valence-corrected chi connectivity index (χ4v) is 4.30. The quantitative estimate of drug-likeness (QED) is 0.666.